The van der Waals surface area contributed by atoms with E-state index in [-0.39, 0.29) is 0 Å². The van der Waals surface area contributed by atoms with Gasteiger partial charge >= 0.3 is 0 Å². The fraction of sp³-hybridized carbons (Fsp3) is 0.0833. The van der Waals surface area contributed by atoms with E-state index in [0.29, 0.717) is 28.7 Å². The Morgan fingerprint density at radius 3 is 2.82 bits per heavy atom. The minimum Gasteiger partial charge on any atom is -0.493 e. The molecule has 17 heavy (non-hydrogen) atoms. The largest absolute Gasteiger partial charge is 0.493 e. The molecule has 0 aliphatic carbocycles. The molecule has 0 aliphatic rings. The Morgan fingerprint density at radius 2 is 2.12 bits per heavy atom. The summed E-state index contributed by atoms with van der Waals surface area (Å²) in [6.07, 6.45) is 0. The summed E-state index contributed by atoms with van der Waals surface area (Å²) in [4.78, 5) is 0. The van der Waals surface area contributed by atoms with Crippen LogP contribution in [-0.4, -0.2) is 12.3 Å². The van der Waals surface area contributed by atoms with Gasteiger partial charge in [-0.25, -0.2) is 0 Å². The zero-order valence-electron chi connectivity index (χ0n) is 9.14. The molecule has 5 nitrogen and oxygen atoms in total. The number of benzene rings is 1. The number of hydrogen-bond acceptors (Lipinski definition) is 5. The molecule has 0 saturated carbocycles. The van der Waals surface area contributed by atoms with Crippen LogP contribution in [0.4, 0.5) is 5.82 Å². The van der Waals surface area contributed by atoms with Crippen molar-refractivity contribution in [3.05, 3.63) is 30.3 Å². The number of nitrogens with zero attached hydrogens (tertiary/aromatic N) is 1. The molecule has 2 heterocycles. The van der Waals surface area contributed by atoms with E-state index in [9.17, 15) is 0 Å². The van der Waals surface area contributed by atoms with Crippen LogP contribution in [-0.2, 0) is 0 Å². The second-order valence-electron chi connectivity index (χ2n) is 3.61. The Labute approximate surface area is 96.7 Å². The first-order valence-electron chi connectivity index (χ1n) is 5.07. The van der Waals surface area contributed by atoms with Gasteiger partial charge in [-0.3, -0.25) is 0 Å². The van der Waals surface area contributed by atoms with Gasteiger partial charge in [-0.2, -0.15) is 0 Å². The Kier molecular flexibility index (Phi) is 2.04. The van der Waals surface area contributed by atoms with Crippen LogP contribution in [0.5, 0.6) is 5.75 Å². The van der Waals surface area contributed by atoms with Crippen molar-refractivity contribution < 1.29 is 13.7 Å². The number of para-hydroxylation sites is 1. The fourth-order valence-electron chi connectivity index (χ4n) is 1.72. The third-order valence-corrected chi connectivity index (χ3v) is 2.50. The predicted molar refractivity (Wildman–Crippen MR) is 62.7 cm³/mol. The van der Waals surface area contributed by atoms with Crippen molar-refractivity contribution in [2.24, 2.45) is 0 Å². The second kappa shape index (κ2) is 3.55. The van der Waals surface area contributed by atoms with Gasteiger partial charge in [0, 0.05) is 11.5 Å². The smallest absolute Gasteiger partial charge is 0.204 e. The molecular formula is C12H10N2O3. The average Bonchev–Trinajstić information content (AvgIpc) is 2.93. The van der Waals surface area contributed by atoms with E-state index in [1.54, 1.807) is 13.2 Å². The highest BCUT2D eigenvalue weighted by Gasteiger charge is 2.13. The lowest BCUT2D eigenvalue weighted by Crippen LogP contribution is -1.81. The van der Waals surface area contributed by atoms with Gasteiger partial charge in [-0.15, -0.1) is 0 Å². The van der Waals surface area contributed by atoms with Gasteiger partial charge in [0.05, 0.1) is 7.11 Å². The molecule has 5 heteroatoms. The molecule has 0 saturated heterocycles. The number of methoxy groups -OCH3 is 1. The van der Waals surface area contributed by atoms with E-state index >= 15 is 0 Å². The van der Waals surface area contributed by atoms with Crippen LogP contribution in [0.3, 0.4) is 0 Å². The summed E-state index contributed by atoms with van der Waals surface area (Å²) in [5, 5.41) is 4.56. The van der Waals surface area contributed by atoms with Crippen molar-refractivity contribution >= 4 is 16.8 Å². The molecule has 0 aliphatic heterocycles. The number of ether oxygens (including phenoxy) is 1. The molecule has 1 aromatic carbocycles. The van der Waals surface area contributed by atoms with E-state index in [1.165, 1.54) is 0 Å². The van der Waals surface area contributed by atoms with Crippen LogP contribution in [0.1, 0.15) is 0 Å². The third-order valence-electron chi connectivity index (χ3n) is 2.50. The maximum atomic E-state index is 5.68. The van der Waals surface area contributed by atoms with Gasteiger partial charge in [-0.05, 0) is 12.1 Å². The van der Waals surface area contributed by atoms with Crippen molar-refractivity contribution in [1.82, 2.24) is 5.16 Å². The molecule has 3 rings (SSSR count). The summed E-state index contributed by atoms with van der Waals surface area (Å²) in [6.45, 7) is 0. The molecule has 0 fully saturated rings. The molecule has 2 N–H and O–H groups in total. The molecule has 0 unspecified atom stereocenters. The van der Waals surface area contributed by atoms with Crippen molar-refractivity contribution in [2.45, 2.75) is 0 Å². The first-order chi connectivity index (χ1) is 8.28. The average molecular weight is 230 g/mol. The fourth-order valence-corrected chi connectivity index (χ4v) is 1.72. The highest BCUT2D eigenvalue weighted by molar-refractivity contribution is 5.86. The number of rotatable bonds is 2. The summed E-state index contributed by atoms with van der Waals surface area (Å²) in [7, 11) is 1.60. The monoisotopic (exact) mass is 230 g/mol. The zero-order valence-corrected chi connectivity index (χ0v) is 9.14. The number of nitrogens with two attached hydrogens (primary N) is 1. The number of furan rings is 1. The van der Waals surface area contributed by atoms with E-state index in [4.69, 9.17) is 19.4 Å². The topological polar surface area (TPSA) is 74.4 Å². The number of fused-ring (bicyclic) bond motifs is 1. The van der Waals surface area contributed by atoms with Crippen molar-refractivity contribution in [3.63, 3.8) is 0 Å². The predicted octanol–water partition coefficient (Wildman–Crippen LogP) is 2.68. The highest BCUT2D eigenvalue weighted by atomic mass is 16.5. The summed E-state index contributed by atoms with van der Waals surface area (Å²) in [5.74, 6) is 2.09. The molecule has 2 aromatic heterocycles. The van der Waals surface area contributed by atoms with Gasteiger partial charge in [0.25, 0.3) is 0 Å². The van der Waals surface area contributed by atoms with E-state index in [2.05, 4.69) is 5.16 Å². The highest BCUT2D eigenvalue weighted by Crippen LogP contribution is 2.33. The van der Waals surface area contributed by atoms with Crippen LogP contribution < -0.4 is 10.5 Å². The maximum absolute atomic E-state index is 5.68. The van der Waals surface area contributed by atoms with Crippen molar-refractivity contribution in [1.29, 1.82) is 0 Å². The van der Waals surface area contributed by atoms with Gasteiger partial charge in [0.1, 0.15) is 0 Å². The van der Waals surface area contributed by atoms with E-state index in [0.717, 1.165) is 5.39 Å². The van der Waals surface area contributed by atoms with Gasteiger partial charge in [0.2, 0.25) is 5.76 Å². The minimum absolute atomic E-state index is 0.326. The SMILES string of the molecule is COc1cccc2cc(-c3cc(N)no3)oc12. The van der Waals surface area contributed by atoms with Crippen LogP contribution in [0, 0.1) is 0 Å². The Bertz CT molecular complexity index is 669. The Morgan fingerprint density at radius 1 is 1.24 bits per heavy atom. The molecular weight excluding hydrogens is 220 g/mol. The normalized spacial score (nSPS) is 10.9. The quantitative estimate of drug-likeness (QED) is 0.732. The molecule has 0 bridgehead atoms. The number of nitrogen functional groups attached to an aromatic ring is 1. The van der Waals surface area contributed by atoms with E-state index < -0.39 is 0 Å². The lowest BCUT2D eigenvalue weighted by Gasteiger charge is -1.98. The molecule has 3 aromatic rings. The van der Waals surface area contributed by atoms with Crippen molar-refractivity contribution in [3.8, 4) is 17.3 Å². The lowest BCUT2D eigenvalue weighted by molar-refractivity contribution is 0.406. The Hall–Kier alpha value is -2.43. The molecule has 0 spiro atoms. The first kappa shape index (κ1) is 9.77. The van der Waals surface area contributed by atoms with Crippen molar-refractivity contribution in [2.75, 3.05) is 12.8 Å². The van der Waals surface area contributed by atoms with Crippen LogP contribution >= 0.6 is 0 Å². The standard InChI is InChI=1S/C12H10N2O3/c1-15-8-4-2-3-7-5-9(16-12(7)8)10-6-11(13)14-17-10/h2-6H,1H3,(H2,13,14). The Balaban J connectivity index is 2.19. The minimum atomic E-state index is 0.326. The van der Waals surface area contributed by atoms with Gasteiger partial charge < -0.3 is 19.4 Å². The first-order valence-corrected chi connectivity index (χ1v) is 5.07. The molecule has 0 radical (unpaired) electrons. The van der Waals surface area contributed by atoms with Crippen LogP contribution in [0.2, 0.25) is 0 Å². The molecule has 0 amide bonds. The van der Waals surface area contributed by atoms with Gasteiger partial charge in [0.15, 0.2) is 22.9 Å². The summed E-state index contributed by atoms with van der Waals surface area (Å²) >= 11 is 0. The molecule has 0 atom stereocenters. The number of anilines is 1. The number of hydrogen-bond donors (Lipinski definition) is 1. The molecule has 86 valence electrons. The van der Waals surface area contributed by atoms with E-state index in [1.807, 2.05) is 24.3 Å². The van der Waals surface area contributed by atoms with Crippen LogP contribution in [0.15, 0.2) is 39.3 Å². The zero-order chi connectivity index (χ0) is 11.8. The summed E-state index contributed by atoms with van der Waals surface area (Å²) in [5.41, 5.74) is 6.18. The second-order valence-corrected chi connectivity index (χ2v) is 3.61. The summed E-state index contributed by atoms with van der Waals surface area (Å²) < 4.78 is 15.9. The summed E-state index contributed by atoms with van der Waals surface area (Å²) in [6, 6.07) is 9.14. The van der Waals surface area contributed by atoms with Crippen LogP contribution in [0.25, 0.3) is 22.5 Å². The maximum Gasteiger partial charge on any atom is 0.204 e. The number of aromatic nitrogens is 1. The third kappa shape index (κ3) is 1.52. The van der Waals surface area contributed by atoms with Gasteiger partial charge in [-0.1, -0.05) is 17.3 Å². The lowest BCUT2D eigenvalue weighted by atomic mass is 10.2.